The summed E-state index contributed by atoms with van der Waals surface area (Å²) in [5.41, 5.74) is 0. The molecule has 0 radical (unpaired) electrons. The third-order valence-electron chi connectivity index (χ3n) is 10.8. The van der Waals surface area contributed by atoms with Crippen molar-refractivity contribution < 1.29 is 19.1 Å². The molecule has 0 spiro atoms. The average molecular weight is 733 g/mol. The Balaban J connectivity index is 3.30. The molecule has 0 rings (SSSR count). The van der Waals surface area contributed by atoms with E-state index in [0.29, 0.717) is 13.2 Å². The fourth-order valence-corrected chi connectivity index (χ4v) is 7.29. The summed E-state index contributed by atoms with van der Waals surface area (Å²) in [7, 11) is 0. The molecule has 0 saturated heterocycles. The first-order chi connectivity index (χ1) is 25.7. The van der Waals surface area contributed by atoms with Crippen LogP contribution in [-0.2, 0) is 19.1 Å². The molecule has 0 aliphatic heterocycles. The van der Waals surface area contributed by atoms with E-state index in [0.717, 1.165) is 25.7 Å². The van der Waals surface area contributed by atoms with Gasteiger partial charge in [-0.05, 0) is 12.8 Å². The van der Waals surface area contributed by atoms with Crippen molar-refractivity contribution >= 4 is 11.9 Å². The predicted octanol–water partition coefficient (Wildman–Crippen LogP) is 16.3. The van der Waals surface area contributed by atoms with Crippen LogP contribution in [-0.4, -0.2) is 25.2 Å². The smallest absolute Gasteiger partial charge is 0.331 e. The lowest BCUT2D eigenvalue weighted by Crippen LogP contribution is -2.06. The molecule has 0 bridgehead atoms. The Morgan fingerprint density at radius 1 is 0.269 bits per heavy atom. The Labute approximate surface area is 326 Å². The van der Waals surface area contributed by atoms with E-state index in [1.165, 1.54) is 243 Å². The molecule has 0 atom stereocenters. The number of unbranched alkanes of at least 4 members (excludes halogenated alkanes) is 38. The molecule has 4 nitrogen and oxygen atoms in total. The summed E-state index contributed by atoms with van der Waals surface area (Å²) < 4.78 is 10.5. The zero-order chi connectivity index (χ0) is 37.7. The van der Waals surface area contributed by atoms with Crippen molar-refractivity contribution in [3.05, 3.63) is 12.2 Å². The number of hydrogen-bond acceptors (Lipinski definition) is 4. The van der Waals surface area contributed by atoms with Crippen LogP contribution < -0.4 is 0 Å². The molecule has 0 aliphatic rings. The summed E-state index contributed by atoms with van der Waals surface area (Å²) in [6.45, 7) is 5.43. The molecule has 0 amide bonds. The van der Waals surface area contributed by atoms with Crippen LogP contribution in [0.15, 0.2) is 12.2 Å². The molecule has 52 heavy (non-hydrogen) atoms. The van der Waals surface area contributed by atoms with Gasteiger partial charge in [-0.25, -0.2) is 9.59 Å². The summed E-state index contributed by atoms with van der Waals surface area (Å²) >= 11 is 0. The minimum Gasteiger partial charge on any atom is -0.463 e. The summed E-state index contributed by atoms with van der Waals surface area (Å²) in [5.74, 6) is -0.901. The van der Waals surface area contributed by atoms with Gasteiger partial charge in [0, 0.05) is 12.2 Å². The summed E-state index contributed by atoms with van der Waals surface area (Å²) in [4.78, 5) is 23.8. The second kappa shape index (κ2) is 45.8. The normalized spacial score (nSPS) is 11.5. The van der Waals surface area contributed by atoms with Crippen LogP contribution in [0.25, 0.3) is 0 Å². The van der Waals surface area contributed by atoms with Gasteiger partial charge in [-0.1, -0.05) is 258 Å². The van der Waals surface area contributed by atoms with E-state index in [2.05, 4.69) is 13.8 Å². The topological polar surface area (TPSA) is 52.6 Å². The van der Waals surface area contributed by atoms with Crippen molar-refractivity contribution in [3.8, 4) is 0 Å². The number of ether oxygens (including phenoxy) is 2. The Morgan fingerprint density at radius 2 is 0.423 bits per heavy atom. The highest BCUT2D eigenvalue weighted by atomic mass is 16.5. The lowest BCUT2D eigenvalue weighted by molar-refractivity contribution is -0.140. The van der Waals surface area contributed by atoms with Gasteiger partial charge in [-0.15, -0.1) is 0 Å². The molecular weight excluding hydrogens is 641 g/mol. The molecule has 0 saturated carbocycles. The van der Waals surface area contributed by atoms with Crippen LogP contribution in [0.3, 0.4) is 0 Å². The first-order valence-electron chi connectivity index (χ1n) is 23.7. The average Bonchev–Trinajstić information content (AvgIpc) is 3.15. The van der Waals surface area contributed by atoms with Crippen molar-refractivity contribution in [2.24, 2.45) is 0 Å². The van der Waals surface area contributed by atoms with Crippen molar-refractivity contribution in [3.63, 3.8) is 0 Å². The zero-order valence-corrected chi connectivity index (χ0v) is 35.5. The number of carbonyl (C=O) groups is 2. The maximum absolute atomic E-state index is 11.9. The lowest BCUT2D eigenvalue weighted by atomic mass is 10.0. The van der Waals surface area contributed by atoms with Crippen LogP contribution in [0, 0.1) is 0 Å². The van der Waals surface area contributed by atoms with E-state index in [9.17, 15) is 9.59 Å². The summed E-state index contributed by atoms with van der Waals surface area (Å²) in [6, 6.07) is 0. The van der Waals surface area contributed by atoms with Crippen molar-refractivity contribution in [1.82, 2.24) is 0 Å². The van der Waals surface area contributed by atoms with Crippen LogP contribution in [0.1, 0.15) is 271 Å². The highest BCUT2D eigenvalue weighted by molar-refractivity contribution is 5.91. The largest absolute Gasteiger partial charge is 0.463 e. The molecule has 0 unspecified atom stereocenters. The van der Waals surface area contributed by atoms with Gasteiger partial charge in [0.15, 0.2) is 0 Å². The minimum absolute atomic E-state index is 0.427. The van der Waals surface area contributed by atoms with Gasteiger partial charge in [-0.2, -0.15) is 0 Å². The highest BCUT2D eigenvalue weighted by Crippen LogP contribution is 2.16. The minimum atomic E-state index is -0.450. The van der Waals surface area contributed by atoms with Crippen LogP contribution in [0.5, 0.6) is 0 Å². The maximum atomic E-state index is 11.9. The van der Waals surface area contributed by atoms with Gasteiger partial charge < -0.3 is 9.47 Å². The number of carbonyl (C=O) groups excluding carboxylic acids is 2. The maximum Gasteiger partial charge on any atom is 0.331 e. The van der Waals surface area contributed by atoms with Gasteiger partial charge in [0.05, 0.1) is 13.2 Å². The van der Waals surface area contributed by atoms with Gasteiger partial charge in [0.2, 0.25) is 0 Å². The molecule has 0 fully saturated rings. The second-order valence-corrected chi connectivity index (χ2v) is 16.1. The Kier molecular flexibility index (Phi) is 44.7. The van der Waals surface area contributed by atoms with Gasteiger partial charge >= 0.3 is 11.9 Å². The highest BCUT2D eigenvalue weighted by Gasteiger charge is 2.02. The molecule has 0 heterocycles. The lowest BCUT2D eigenvalue weighted by Gasteiger charge is -2.05. The van der Waals surface area contributed by atoms with Gasteiger partial charge in [-0.3, -0.25) is 0 Å². The SMILES string of the molecule is CCCCCCCCCCCCCCCCCCCCCCOC(=O)C=CC(=O)OCCCCCCCCCCCCCCCCCCCCCC. The van der Waals surface area contributed by atoms with Crippen molar-refractivity contribution in [2.45, 2.75) is 271 Å². The second-order valence-electron chi connectivity index (χ2n) is 16.1. The van der Waals surface area contributed by atoms with E-state index in [1.54, 1.807) is 0 Å². The molecular formula is C48H92O4. The predicted molar refractivity (Wildman–Crippen MR) is 227 cm³/mol. The molecule has 0 aromatic rings. The Hall–Kier alpha value is -1.32. The summed E-state index contributed by atoms with van der Waals surface area (Å²) in [6.07, 6.45) is 56.5. The van der Waals surface area contributed by atoms with E-state index >= 15 is 0 Å². The standard InChI is InChI=1S/C48H92O4/c1-3-5-7-9-11-13-15-17-19-21-23-25-27-29-31-33-35-37-39-41-45-51-47(49)43-44-48(50)52-46-42-40-38-36-34-32-30-28-26-24-22-20-18-16-14-12-10-8-6-4-2/h43-44H,3-42,45-46H2,1-2H3. The third kappa shape index (κ3) is 44.8. The van der Waals surface area contributed by atoms with E-state index < -0.39 is 11.9 Å². The van der Waals surface area contributed by atoms with Crippen molar-refractivity contribution in [1.29, 1.82) is 0 Å². The van der Waals surface area contributed by atoms with Crippen molar-refractivity contribution in [2.75, 3.05) is 13.2 Å². The molecule has 308 valence electrons. The molecule has 4 heteroatoms. The monoisotopic (exact) mass is 733 g/mol. The fourth-order valence-electron chi connectivity index (χ4n) is 7.29. The molecule has 0 aromatic heterocycles. The Bertz CT molecular complexity index is 672. The van der Waals surface area contributed by atoms with E-state index in [-0.39, 0.29) is 0 Å². The number of rotatable bonds is 44. The zero-order valence-electron chi connectivity index (χ0n) is 35.5. The fraction of sp³-hybridized carbons (Fsp3) is 0.917. The third-order valence-corrected chi connectivity index (χ3v) is 10.8. The number of esters is 2. The Morgan fingerprint density at radius 3 is 0.596 bits per heavy atom. The summed E-state index contributed by atoms with van der Waals surface area (Å²) in [5, 5.41) is 0. The first kappa shape index (κ1) is 50.7. The van der Waals surface area contributed by atoms with Crippen LogP contribution in [0.4, 0.5) is 0 Å². The first-order valence-corrected chi connectivity index (χ1v) is 23.7. The van der Waals surface area contributed by atoms with Gasteiger partial charge in [0.25, 0.3) is 0 Å². The van der Waals surface area contributed by atoms with E-state index in [4.69, 9.17) is 9.47 Å². The van der Waals surface area contributed by atoms with E-state index in [1.807, 2.05) is 0 Å². The molecule has 0 aliphatic carbocycles. The molecule has 0 aromatic carbocycles. The number of hydrogen-bond donors (Lipinski definition) is 0. The molecule has 0 N–H and O–H groups in total. The van der Waals surface area contributed by atoms with Gasteiger partial charge in [0.1, 0.15) is 0 Å². The van der Waals surface area contributed by atoms with Crippen LogP contribution >= 0.6 is 0 Å². The quantitative estimate of drug-likeness (QED) is 0.0355. The van der Waals surface area contributed by atoms with Crippen LogP contribution in [0.2, 0.25) is 0 Å².